The third kappa shape index (κ3) is 5.34. The summed E-state index contributed by atoms with van der Waals surface area (Å²) >= 11 is 6.03. The predicted octanol–water partition coefficient (Wildman–Crippen LogP) is 4.17. The van der Waals surface area contributed by atoms with E-state index in [0.717, 1.165) is 4.57 Å². The number of halogens is 6. The summed E-state index contributed by atoms with van der Waals surface area (Å²) in [7, 11) is 0. The fraction of sp³-hybridized carbons (Fsp3) is 0.381. The molecule has 35 heavy (non-hydrogen) atoms. The van der Waals surface area contributed by atoms with Crippen molar-refractivity contribution in [2.75, 3.05) is 0 Å². The Kier molecular flexibility index (Phi) is 7.58. The monoisotopic (exact) mass is 519 g/mol. The smallest absolute Gasteiger partial charge is 0.425 e. The first kappa shape index (κ1) is 26.3. The van der Waals surface area contributed by atoms with Gasteiger partial charge in [0.2, 0.25) is 5.88 Å². The van der Waals surface area contributed by atoms with Gasteiger partial charge in [-0.2, -0.15) is 22.8 Å². The average molecular weight is 520 g/mol. The van der Waals surface area contributed by atoms with Crippen LogP contribution in [-0.4, -0.2) is 42.4 Å². The van der Waals surface area contributed by atoms with E-state index in [0.29, 0.717) is 23.2 Å². The molecule has 14 heteroatoms. The Bertz CT molecular complexity index is 1300. The summed E-state index contributed by atoms with van der Waals surface area (Å²) in [4.78, 5) is 33.1. The van der Waals surface area contributed by atoms with Crippen molar-refractivity contribution < 1.29 is 31.5 Å². The topological polar surface area (TPSA) is 91.9 Å². The Labute approximate surface area is 200 Å². The Morgan fingerprint density at radius 2 is 2.00 bits per heavy atom. The van der Waals surface area contributed by atoms with Crippen LogP contribution < -0.4 is 10.4 Å². The van der Waals surface area contributed by atoms with Crippen LogP contribution in [0.5, 0.6) is 5.88 Å². The summed E-state index contributed by atoms with van der Waals surface area (Å²) in [5.74, 6) is -4.20. The van der Waals surface area contributed by atoms with Gasteiger partial charge in [0.1, 0.15) is 11.8 Å². The van der Waals surface area contributed by atoms with Crippen LogP contribution in [-0.2, 0) is 19.6 Å². The lowest BCUT2D eigenvalue weighted by Crippen LogP contribution is -2.32. The molecular formula is C21H19ClF5N5O3. The number of hydrogen-bond donors (Lipinski definition) is 0. The first-order valence-electron chi connectivity index (χ1n) is 10.2. The molecule has 3 aromatic rings. The van der Waals surface area contributed by atoms with Crippen LogP contribution in [0.4, 0.5) is 22.0 Å². The van der Waals surface area contributed by atoms with Crippen LogP contribution in [0, 0.1) is 12.7 Å². The minimum Gasteiger partial charge on any atom is -0.464 e. The van der Waals surface area contributed by atoms with Crippen molar-refractivity contribution in [1.29, 1.82) is 0 Å². The van der Waals surface area contributed by atoms with Crippen LogP contribution in [0.2, 0.25) is 5.15 Å². The van der Waals surface area contributed by atoms with Gasteiger partial charge in [0.05, 0.1) is 5.56 Å². The molecule has 0 aliphatic rings. The van der Waals surface area contributed by atoms with Crippen molar-refractivity contribution in [3.05, 3.63) is 62.3 Å². The van der Waals surface area contributed by atoms with Crippen molar-refractivity contribution in [2.24, 2.45) is 0 Å². The van der Waals surface area contributed by atoms with Crippen LogP contribution >= 0.6 is 11.6 Å². The summed E-state index contributed by atoms with van der Waals surface area (Å²) in [5.41, 5.74) is -0.734. The lowest BCUT2D eigenvalue weighted by molar-refractivity contribution is -0.190. The molecule has 1 atom stereocenters. The Balaban J connectivity index is 2.16. The van der Waals surface area contributed by atoms with E-state index < -0.39 is 59.9 Å². The molecule has 8 nitrogen and oxygen atoms in total. The molecule has 0 spiro atoms. The molecule has 0 aliphatic heterocycles. The highest BCUT2D eigenvalue weighted by atomic mass is 35.5. The van der Waals surface area contributed by atoms with E-state index in [1.165, 1.54) is 13.1 Å². The normalized spacial score (nSPS) is 12.6. The minimum atomic E-state index is -4.85. The third-order valence-electron chi connectivity index (χ3n) is 5.12. The van der Waals surface area contributed by atoms with Crippen LogP contribution in [0.3, 0.4) is 0 Å². The number of rotatable bonds is 8. The predicted molar refractivity (Wildman–Crippen MR) is 114 cm³/mol. The molecule has 0 N–H and O–H groups in total. The van der Waals surface area contributed by atoms with Crippen molar-refractivity contribution in [1.82, 2.24) is 24.3 Å². The number of carbonyl (C=O) groups excluding carboxylic acids is 1. The Hall–Kier alpha value is -3.35. The van der Waals surface area contributed by atoms with Gasteiger partial charge in [-0.05, 0) is 38.5 Å². The fourth-order valence-corrected chi connectivity index (χ4v) is 3.42. The number of pyridine rings is 2. The van der Waals surface area contributed by atoms with Gasteiger partial charge in [-0.3, -0.25) is 9.36 Å². The van der Waals surface area contributed by atoms with Gasteiger partial charge in [-0.1, -0.05) is 11.6 Å². The molecule has 0 unspecified atom stereocenters. The first-order valence-corrected chi connectivity index (χ1v) is 10.6. The zero-order valence-electron chi connectivity index (χ0n) is 18.7. The van der Waals surface area contributed by atoms with Gasteiger partial charge in [-0.15, -0.1) is 5.10 Å². The van der Waals surface area contributed by atoms with Gasteiger partial charge in [0, 0.05) is 24.7 Å². The summed E-state index contributed by atoms with van der Waals surface area (Å²) in [6, 6.07) is 2.16. The van der Waals surface area contributed by atoms with Gasteiger partial charge >= 0.3 is 11.9 Å². The summed E-state index contributed by atoms with van der Waals surface area (Å²) < 4.78 is 74.0. The molecule has 0 aromatic carbocycles. The molecule has 3 heterocycles. The zero-order chi connectivity index (χ0) is 26.1. The molecule has 188 valence electrons. The standard InChI is InChI=1S/C21H19ClF5N5O3/c1-4-31-16(9-23)30-32(20(31)34)18-14(24)7-13(19(29-18)35-11(3)21(25,26)27)15(33)8-12-10(2)5-6-28-17(12)22/h5-7,11H,4,8-9H2,1-3H3/t11-/m0/s1. The lowest BCUT2D eigenvalue weighted by Gasteiger charge is -2.19. The van der Waals surface area contributed by atoms with E-state index in [1.54, 1.807) is 13.0 Å². The summed E-state index contributed by atoms with van der Waals surface area (Å²) in [6.07, 6.45) is -6.32. The van der Waals surface area contributed by atoms with Crippen molar-refractivity contribution in [3.63, 3.8) is 0 Å². The lowest BCUT2D eigenvalue weighted by atomic mass is 10.0. The molecule has 0 aliphatic carbocycles. The van der Waals surface area contributed by atoms with Gasteiger partial charge in [-0.25, -0.2) is 18.6 Å². The van der Waals surface area contributed by atoms with Gasteiger partial charge in [0.25, 0.3) is 0 Å². The number of ether oxygens (including phenoxy) is 1. The van der Waals surface area contributed by atoms with Crippen molar-refractivity contribution in [2.45, 2.75) is 52.7 Å². The Morgan fingerprint density at radius 1 is 1.31 bits per heavy atom. The summed E-state index contributed by atoms with van der Waals surface area (Å²) in [6.45, 7) is 2.66. The zero-order valence-corrected chi connectivity index (χ0v) is 19.4. The number of alkyl halides is 4. The quantitative estimate of drug-likeness (QED) is 0.252. The van der Waals surface area contributed by atoms with Crippen LogP contribution in [0.15, 0.2) is 23.1 Å². The van der Waals surface area contributed by atoms with E-state index in [9.17, 15) is 27.2 Å². The first-order chi connectivity index (χ1) is 16.4. The van der Waals surface area contributed by atoms with E-state index in [2.05, 4.69) is 15.1 Å². The summed E-state index contributed by atoms with van der Waals surface area (Å²) in [5, 5.41) is 3.66. The minimum absolute atomic E-state index is 0.00401. The maximum atomic E-state index is 15.0. The SMILES string of the molecule is CCn1c(CF)nn(-c2nc(O[C@@H](C)C(F)(F)F)c(C(=O)Cc3c(C)ccnc3Cl)cc2F)c1=O. The molecule has 0 radical (unpaired) electrons. The van der Waals surface area contributed by atoms with E-state index in [1.807, 2.05) is 0 Å². The third-order valence-corrected chi connectivity index (χ3v) is 5.45. The maximum Gasteiger partial charge on any atom is 0.425 e. The highest BCUT2D eigenvalue weighted by Crippen LogP contribution is 2.29. The Morgan fingerprint density at radius 3 is 2.54 bits per heavy atom. The number of carbonyl (C=O) groups is 1. The highest BCUT2D eigenvalue weighted by molar-refractivity contribution is 6.30. The second kappa shape index (κ2) is 10.1. The van der Waals surface area contributed by atoms with Crippen molar-refractivity contribution in [3.8, 4) is 11.7 Å². The second-order valence-corrected chi connectivity index (χ2v) is 7.79. The maximum absolute atomic E-state index is 15.0. The number of aromatic nitrogens is 5. The molecule has 0 amide bonds. The average Bonchev–Trinajstić information content (AvgIpc) is 3.11. The van der Waals surface area contributed by atoms with Gasteiger partial charge in [0.15, 0.2) is 29.3 Å². The van der Waals surface area contributed by atoms with Crippen LogP contribution in [0.1, 0.15) is 41.2 Å². The molecule has 0 bridgehead atoms. The largest absolute Gasteiger partial charge is 0.464 e. The second-order valence-electron chi connectivity index (χ2n) is 7.43. The van der Waals surface area contributed by atoms with Crippen LogP contribution in [0.25, 0.3) is 5.82 Å². The fourth-order valence-electron chi connectivity index (χ4n) is 3.15. The molecule has 0 saturated carbocycles. The number of ketones is 1. The molecule has 3 rings (SSSR count). The molecular weight excluding hydrogens is 501 g/mol. The molecule has 3 aromatic heterocycles. The number of hydrogen-bond acceptors (Lipinski definition) is 6. The number of aryl methyl sites for hydroxylation is 1. The number of nitrogens with zero attached hydrogens (tertiary/aromatic N) is 5. The van der Waals surface area contributed by atoms with E-state index >= 15 is 4.39 Å². The molecule has 0 saturated heterocycles. The highest BCUT2D eigenvalue weighted by Gasteiger charge is 2.39. The van der Waals surface area contributed by atoms with E-state index in [-0.39, 0.29) is 23.1 Å². The van der Waals surface area contributed by atoms with E-state index in [4.69, 9.17) is 16.3 Å². The van der Waals surface area contributed by atoms with Crippen molar-refractivity contribution >= 4 is 17.4 Å². The number of Topliss-reactive ketones (excluding diaryl/α,β-unsaturated/α-hetero) is 1. The van der Waals surface area contributed by atoms with Gasteiger partial charge < -0.3 is 4.74 Å². The molecule has 0 fully saturated rings.